The summed E-state index contributed by atoms with van der Waals surface area (Å²) < 4.78 is 33.3. The molecule has 1 unspecified atom stereocenters. The van der Waals surface area contributed by atoms with Gasteiger partial charge in [-0.05, 0) is 41.5 Å². The van der Waals surface area contributed by atoms with Gasteiger partial charge in [-0.15, -0.1) is 0 Å². The monoisotopic (exact) mass is 386 g/mol. The number of carbonyl (C=O) groups excluding carboxylic acids is 1. The maximum Gasteiger partial charge on any atom is 0.321 e. The van der Waals surface area contributed by atoms with Crippen LogP contribution in [0.3, 0.4) is 0 Å². The van der Waals surface area contributed by atoms with Crippen molar-refractivity contribution in [2.45, 2.75) is 6.04 Å². The van der Waals surface area contributed by atoms with Gasteiger partial charge < -0.3 is 19.6 Å². The number of carbonyl (C=O) groups is 1. The molecular formula is C21H20F2N2O3. The molecule has 2 aliphatic rings. The fourth-order valence-corrected chi connectivity index (χ4v) is 3.64. The first-order valence-corrected chi connectivity index (χ1v) is 9.11. The molecule has 0 aromatic heterocycles. The van der Waals surface area contributed by atoms with Crippen LogP contribution < -0.4 is 0 Å². The van der Waals surface area contributed by atoms with Crippen molar-refractivity contribution >= 4 is 11.6 Å². The SMILES string of the molecule is O=C(N1CCOCC1)N1CC(c2cc(F)ccc2F)=CC1c1cccc(O)c1. The van der Waals surface area contributed by atoms with E-state index in [4.69, 9.17) is 4.74 Å². The van der Waals surface area contributed by atoms with Crippen molar-refractivity contribution < 1.29 is 23.4 Å². The summed E-state index contributed by atoms with van der Waals surface area (Å²) >= 11 is 0. The molecule has 2 heterocycles. The van der Waals surface area contributed by atoms with Gasteiger partial charge in [0.05, 0.1) is 19.3 Å². The molecule has 5 nitrogen and oxygen atoms in total. The number of benzene rings is 2. The summed E-state index contributed by atoms with van der Waals surface area (Å²) in [6.07, 6.45) is 1.75. The molecule has 1 fully saturated rings. The summed E-state index contributed by atoms with van der Waals surface area (Å²) in [6, 6.07) is 9.22. The fourth-order valence-electron chi connectivity index (χ4n) is 3.64. The number of hydrogen-bond donors (Lipinski definition) is 1. The van der Waals surface area contributed by atoms with E-state index in [1.54, 1.807) is 40.1 Å². The van der Waals surface area contributed by atoms with Crippen LogP contribution in [0.25, 0.3) is 5.57 Å². The summed E-state index contributed by atoms with van der Waals surface area (Å²) in [5, 5.41) is 9.85. The van der Waals surface area contributed by atoms with Crippen LogP contribution in [0.15, 0.2) is 48.5 Å². The number of phenolic OH excluding ortho intramolecular Hbond substituents is 1. The Balaban J connectivity index is 1.71. The number of amides is 2. The lowest BCUT2D eigenvalue weighted by molar-refractivity contribution is 0.0430. The minimum atomic E-state index is -0.539. The Labute approximate surface area is 161 Å². The Kier molecular flexibility index (Phi) is 5.00. The summed E-state index contributed by atoms with van der Waals surface area (Å²) in [5.74, 6) is -0.998. The summed E-state index contributed by atoms with van der Waals surface area (Å²) in [6.45, 7) is 2.04. The summed E-state index contributed by atoms with van der Waals surface area (Å²) in [4.78, 5) is 16.4. The van der Waals surface area contributed by atoms with E-state index < -0.39 is 17.7 Å². The molecule has 146 valence electrons. The molecule has 0 aliphatic carbocycles. The van der Waals surface area contributed by atoms with E-state index in [2.05, 4.69) is 0 Å². The van der Waals surface area contributed by atoms with Crippen molar-refractivity contribution in [1.29, 1.82) is 0 Å². The molecule has 2 aliphatic heterocycles. The van der Waals surface area contributed by atoms with Gasteiger partial charge in [0.2, 0.25) is 0 Å². The molecule has 2 amide bonds. The molecule has 0 radical (unpaired) electrons. The third-order valence-corrected chi connectivity index (χ3v) is 5.05. The van der Waals surface area contributed by atoms with Gasteiger partial charge in [-0.3, -0.25) is 0 Å². The number of phenols is 1. The summed E-state index contributed by atoms with van der Waals surface area (Å²) in [7, 11) is 0. The second-order valence-corrected chi connectivity index (χ2v) is 6.87. The Morgan fingerprint density at radius 2 is 1.89 bits per heavy atom. The lowest BCUT2D eigenvalue weighted by atomic mass is 10.0. The lowest BCUT2D eigenvalue weighted by Crippen LogP contribution is -2.48. The quantitative estimate of drug-likeness (QED) is 0.859. The van der Waals surface area contributed by atoms with E-state index >= 15 is 0 Å². The zero-order chi connectivity index (χ0) is 19.7. The van der Waals surface area contributed by atoms with E-state index in [0.717, 1.165) is 18.2 Å². The molecule has 1 saturated heterocycles. The van der Waals surface area contributed by atoms with E-state index in [9.17, 15) is 18.7 Å². The topological polar surface area (TPSA) is 53.0 Å². The Morgan fingerprint density at radius 3 is 2.64 bits per heavy atom. The number of morpholine rings is 1. The van der Waals surface area contributed by atoms with Crippen LogP contribution >= 0.6 is 0 Å². The minimum absolute atomic E-state index is 0.0788. The number of halogens is 2. The maximum absolute atomic E-state index is 14.3. The minimum Gasteiger partial charge on any atom is -0.508 e. The second-order valence-electron chi connectivity index (χ2n) is 6.87. The fraction of sp³-hybridized carbons (Fsp3) is 0.286. The number of ether oxygens (including phenoxy) is 1. The van der Waals surface area contributed by atoms with Gasteiger partial charge in [0.1, 0.15) is 17.4 Å². The molecular weight excluding hydrogens is 366 g/mol. The van der Waals surface area contributed by atoms with Gasteiger partial charge in [0.15, 0.2) is 0 Å². The first-order chi connectivity index (χ1) is 13.5. The Hall–Kier alpha value is -2.93. The third kappa shape index (κ3) is 3.57. The van der Waals surface area contributed by atoms with Crippen molar-refractivity contribution in [3.63, 3.8) is 0 Å². The van der Waals surface area contributed by atoms with E-state index in [1.807, 2.05) is 0 Å². The highest BCUT2D eigenvalue weighted by molar-refractivity contribution is 5.82. The molecule has 2 aromatic carbocycles. The van der Waals surface area contributed by atoms with Crippen LogP contribution in [0, 0.1) is 11.6 Å². The van der Waals surface area contributed by atoms with Crippen molar-refractivity contribution in [2.24, 2.45) is 0 Å². The molecule has 0 saturated carbocycles. The molecule has 0 spiro atoms. The highest BCUT2D eigenvalue weighted by Crippen LogP contribution is 2.37. The van der Waals surface area contributed by atoms with E-state index in [1.165, 1.54) is 0 Å². The molecule has 4 rings (SSSR count). The Bertz CT molecular complexity index is 926. The van der Waals surface area contributed by atoms with Gasteiger partial charge in [-0.1, -0.05) is 18.2 Å². The summed E-state index contributed by atoms with van der Waals surface area (Å²) in [5.41, 5.74) is 1.38. The number of hydrogen-bond acceptors (Lipinski definition) is 3. The van der Waals surface area contributed by atoms with Crippen molar-refractivity contribution in [1.82, 2.24) is 9.80 Å². The van der Waals surface area contributed by atoms with Crippen LogP contribution in [-0.4, -0.2) is 53.8 Å². The van der Waals surface area contributed by atoms with Crippen molar-refractivity contribution in [2.75, 3.05) is 32.8 Å². The smallest absolute Gasteiger partial charge is 0.321 e. The van der Waals surface area contributed by atoms with E-state index in [0.29, 0.717) is 37.4 Å². The van der Waals surface area contributed by atoms with Gasteiger partial charge >= 0.3 is 6.03 Å². The lowest BCUT2D eigenvalue weighted by Gasteiger charge is -2.34. The molecule has 1 atom stereocenters. The molecule has 1 N–H and O–H groups in total. The zero-order valence-corrected chi connectivity index (χ0v) is 15.1. The van der Waals surface area contributed by atoms with Crippen molar-refractivity contribution in [3.8, 4) is 5.75 Å². The molecule has 7 heteroatoms. The highest BCUT2D eigenvalue weighted by atomic mass is 19.1. The molecule has 2 aromatic rings. The molecule has 0 bridgehead atoms. The maximum atomic E-state index is 14.3. The van der Waals surface area contributed by atoms with Gasteiger partial charge in [-0.2, -0.15) is 0 Å². The van der Waals surface area contributed by atoms with Crippen LogP contribution in [0.4, 0.5) is 13.6 Å². The standard InChI is InChI=1S/C21H20F2N2O3/c22-16-4-5-19(23)18(12-16)15-11-20(14-2-1-3-17(26)10-14)25(13-15)21(27)24-6-8-28-9-7-24/h1-5,10-12,20,26H,6-9,13H2. The largest absolute Gasteiger partial charge is 0.508 e. The third-order valence-electron chi connectivity index (χ3n) is 5.05. The predicted molar refractivity (Wildman–Crippen MR) is 99.7 cm³/mol. The predicted octanol–water partition coefficient (Wildman–Crippen LogP) is 3.56. The van der Waals surface area contributed by atoms with Gasteiger partial charge in [0, 0.05) is 25.2 Å². The average molecular weight is 386 g/mol. The number of urea groups is 1. The second kappa shape index (κ2) is 7.59. The zero-order valence-electron chi connectivity index (χ0n) is 15.1. The first kappa shape index (κ1) is 18.4. The first-order valence-electron chi connectivity index (χ1n) is 9.11. The number of nitrogens with zero attached hydrogens (tertiary/aromatic N) is 2. The van der Waals surface area contributed by atoms with Gasteiger partial charge in [-0.25, -0.2) is 13.6 Å². The average Bonchev–Trinajstić information content (AvgIpc) is 3.15. The van der Waals surface area contributed by atoms with E-state index in [-0.39, 0.29) is 23.9 Å². The Morgan fingerprint density at radius 1 is 1.11 bits per heavy atom. The van der Waals surface area contributed by atoms with Crippen LogP contribution in [0.5, 0.6) is 5.75 Å². The normalized spacial score (nSPS) is 19.6. The van der Waals surface area contributed by atoms with Crippen LogP contribution in [0.2, 0.25) is 0 Å². The number of rotatable bonds is 2. The van der Waals surface area contributed by atoms with Crippen molar-refractivity contribution in [3.05, 3.63) is 71.3 Å². The van der Waals surface area contributed by atoms with Crippen LogP contribution in [0.1, 0.15) is 17.2 Å². The highest BCUT2D eigenvalue weighted by Gasteiger charge is 2.34. The molecule has 28 heavy (non-hydrogen) atoms. The van der Waals surface area contributed by atoms with Crippen LogP contribution in [-0.2, 0) is 4.74 Å². The number of aromatic hydroxyl groups is 1. The van der Waals surface area contributed by atoms with Gasteiger partial charge in [0.25, 0.3) is 0 Å².